The van der Waals surface area contributed by atoms with Crippen LogP contribution in [0.1, 0.15) is 40.0 Å². The summed E-state index contributed by atoms with van der Waals surface area (Å²) in [6.07, 6.45) is 2.88. The molecule has 0 aliphatic rings. The van der Waals surface area contributed by atoms with Crippen molar-refractivity contribution in [3.8, 4) is 0 Å². The molecular weight excluding hydrogens is 172 g/mol. The highest BCUT2D eigenvalue weighted by Gasteiger charge is 2.18. The predicted molar refractivity (Wildman–Crippen MR) is 53.7 cm³/mol. The molecule has 0 aromatic carbocycles. The smallest absolute Gasteiger partial charge is 0.316 e. The van der Waals surface area contributed by atoms with Gasteiger partial charge in [0.05, 0.1) is 0 Å². The number of aliphatic carboxylic acids is 1. The van der Waals surface area contributed by atoms with Crippen molar-refractivity contribution in [2.45, 2.75) is 50.5 Å². The van der Waals surface area contributed by atoms with Gasteiger partial charge in [0.25, 0.3) is 0 Å². The van der Waals surface area contributed by atoms with Crippen molar-refractivity contribution in [2.24, 2.45) is 0 Å². The molecule has 1 N–H and O–H groups in total. The Kier molecular flexibility index (Phi) is 6.25. The van der Waals surface area contributed by atoms with E-state index in [9.17, 15) is 4.79 Å². The van der Waals surface area contributed by atoms with Crippen LogP contribution in [0.25, 0.3) is 0 Å². The van der Waals surface area contributed by atoms with Gasteiger partial charge < -0.3 is 5.11 Å². The average molecular weight is 190 g/mol. The molecule has 0 radical (unpaired) electrons. The maximum atomic E-state index is 10.7. The largest absolute Gasteiger partial charge is 0.480 e. The van der Waals surface area contributed by atoms with Crippen LogP contribution in [0.2, 0.25) is 0 Å². The first-order valence-corrected chi connectivity index (χ1v) is 5.40. The Hall–Kier alpha value is -0.180. The first-order chi connectivity index (χ1) is 5.57. The fourth-order valence-corrected chi connectivity index (χ4v) is 2.04. The van der Waals surface area contributed by atoms with Gasteiger partial charge >= 0.3 is 5.97 Å². The van der Waals surface area contributed by atoms with Crippen LogP contribution in [0.5, 0.6) is 0 Å². The Morgan fingerprint density at radius 2 is 2.08 bits per heavy atom. The van der Waals surface area contributed by atoms with Gasteiger partial charge in [-0.25, -0.2) is 0 Å². The minimum Gasteiger partial charge on any atom is -0.480 e. The zero-order chi connectivity index (χ0) is 9.56. The molecule has 0 aliphatic carbocycles. The Balaban J connectivity index is 3.78. The van der Waals surface area contributed by atoms with Gasteiger partial charge in [-0.2, -0.15) is 0 Å². The minimum absolute atomic E-state index is 0.204. The average Bonchev–Trinajstić information content (AvgIpc) is 1.96. The molecule has 0 bridgehead atoms. The van der Waals surface area contributed by atoms with Gasteiger partial charge in [0.1, 0.15) is 5.25 Å². The van der Waals surface area contributed by atoms with Crippen LogP contribution in [-0.4, -0.2) is 21.6 Å². The van der Waals surface area contributed by atoms with Crippen LogP contribution < -0.4 is 0 Å². The van der Waals surface area contributed by atoms with Gasteiger partial charge in [0.15, 0.2) is 0 Å². The first-order valence-electron chi connectivity index (χ1n) is 4.46. The summed E-state index contributed by atoms with van der Waals surface area (Å²) >= 11 is 1.55. The van der Waals surface area contributed by atoms with E-state index >= 15 is 0 Å². The third kappa shape index (κ3) is 5.47. The standard InChI is InChI=1S/C9H18O2S/c1-4-5-6-8(9(10)11)12-7(2)3/h7-8H,4-6H2,1-3H3,(H,10,11). The van der Waals surface area contributed by atoms with E-state index in [2.05, 4.69) is 6.92 Å². The van der Waals surface area contributed by atoms with E-state index in [0.717, 1.165) is 19.3 Å². The maximum Gasteiger partial charge on any atom is 0.316 e. The Bertz CT molecular complexity index is 134. The third-order valence-electron chi connectivity index (χ3n) is 1.53. The van der Waals surface area contributed by atoms with E-state index in [-0.39, 0.29) is 5.25 Å². The second-order valence-corrected chi connectivity index (χ2v) is 4.94. The molecule has 1 atom stereocenters. The van der Waals surface area contributed by atoms with Gasteiger partial charge in [0.2, 0.25) is 0 Å². The summed E-state index contributed by atoms with van der Waals surface area (Å²) < 4.78 is 0. The number of carboxylic acid groups (broad SMARTS) is 1. The van der Waals surface area contributed by atoms with E-state index in [1.807, 2.05) is 13.8 Å². The maximum absolute atomic E-state index is 10.7. The second kappa shape index (κ2) is 6.35. The summed E-state index contributed by atoms with van der Waals surface area (Å²) in [6, 6.07) is 0. The topological polar surface area (TPSA) is 37.3 Å². The Morgan fingerprint density at radius 3 is 2.42 bits per heavy atom. The third-order valence-corrected chi connectivity index (χ3v) is 2.84. The number of carboxylic acids is 1. The summed E-state index contributed by atoms with van der Waals surface area (Å²) in [7, 11) is 0. The number of hydrogen-bond donors (Lipinski definition) is 1. The monoisotopic (exact) mass is 190 g/mol. The molecule has 3 heteroatoms. The Morgan fingerprint density at radius 1 is 1.50 bits per heavy atom. The quantitative estimate of drug-likeness (QED) is 0.699. The molecule has 0 amide bonds. The fourth-order valence-electron chi connectivity index (χ4n) is 0.968. The highest BCUT2D eigenvalue weighted by molar-refractivity contribution is 8.01. The number of unbranched alkanes of at least 4 members (excludes halogenated alkanes) is 1. The molecule has 0 spiro atoms. The normalized spacial score (nSPS) is 13.3. The van der Waals surface area contributed by atoms with Gasteiger partial charge in [-0.3, -0.25) is 4.79 Å². The highest BCUT2D eigenvalue weighted by Crippen LogP contribution is 2.22. The molecule has 12 heavy (non-hydrogen) atoms. The number of thioether (sulfide) groups is 1. The highest BCUT2D eigenvalue weighted by atomic mass is 32.2. The minimum atomic E-state index is -0.665. The summed E-state index contributed by atoms with van der Waals surface area (Å²) in [5.41, 5.74) is 0. The number of rotatable bonds is 6. The molecule has 72 valence electrons. The van der Waals surface area contributed by atoms with Crippen LogP contribution in [0.15, 0.2) is 0 Å². The van der Waals surface area contributed by atoms with E-state index in [4.69, 9.17) is 5.11 Å². The summed E-state index contributed by atoms with van der Waals surface area (Å²) in [5, 5.41) is 9.03. The van der Waals surface area contributed by atoms with E-state index in [0.29, 0.717) is 5.25 Å². The SMILES string of the molecule is CCCCC(SC(C)C)C(=O)O. The van der Waals surface area contributed by atoms with Gasteiger partial charge in [-0.1, -0.05) is 33.6 Å². The molecule has 2 nitrogen and oxygen atoms in total. The van der Waals surface area contributed by atoms with E-state index in [1.165, 1.54) is 0 Å². The van der Waals surface area contributed by atoms with Crippen molar-refractivity contribution < 1.29 is 9.90 Å². The summed E-state index contributed by atoms with van der Waals surface area (Å²) in [5.74, 6) is -0.665. The van der Waals surface area contributed by atoms with E-state index < -0.39 is 5.97 Å². The molecule has 0 rings (SSSR count). The van der Waals surface area contributed by atoms with Crippen molar-refractivity contribution in [3.05, 3.63) is 0 Å². The number of carbonyl (C=O) groups is 1. The molecule has 0 saturated heterocycles. The van der Waals surface area contributed by atoms with Crippen LogP contribution >= 0.6 is 11.8 Å². The van der Waals surface area contributed by atoms with Crippen LogP contribution in [0, 0.1) is 0 Å². The van der Waals surface area contributed by atoms with Crippen molar-refractivity contribution in [2.75, 3.05) is 0 Å². The zero-order valence-electron chi connectivity index (χ0n) is 8.04. The Labute approximate surface area is 78.7 Å². The zero-order valence-corrected chi connectivity index (χ0v) is 8.86. The molecule has 0 fully saturated rings. The van der Waals surface area contributed by atoms with Crippen LogP contribution in [-0.2, 0) is 4.79 Å². The van der Waals surface area contributed by atoms with Crippen molar-refractivity contribution in [1.29, 1.82) is 0 Å². The molecule has 0 saturated carbocycles. The van der Waals surface area contributed by atoms with Crippen molar-refractivity contribution in [1.82, 2.24) is 0 Å². The van der Waals surface area contributed by atoms with Crippen LogP contribution in [0.3, 0.4) is 0 Å². The molecule has 0 aromatic heterocycles. The van der Waals surface area contributed by atoms with Crippen LogP contribution in [0.4, 0.5) is 0 Å². The summed E-state index contributed by atoms with van der Waals surface area (Å²) in [6.45, 7) is 6.15. The lowest BCUT2D eigenvalue weighted by molar-refractivity contribution is -0.136. The van der Waals surface area contributed by atoms with Gasteiger partial charge in [-0.05, 0) is 11.7 Å². The molecular formula is C9H18O2S. The lowest BCUT2D eigenvalue weighted by atomic mass is 10.2. The molecule has 1 unspecified atom stereocenters. The molecule has 0 aliphatic heterocycles. The molecule has 0 aromatic rings. The predicted octanol–water partition coefficient (Wildman–Crippen LogP) is 2.77. The lowest BCUT2D eigenvalue weighted by Crippen LogP contribution is -2.18. The second-order valence-electron chi connectivity index (χ2n) is 3.15. The van der Waals surface area contributed by atoms with Crippen molar-refractivity contribution >= 4 is 17.7 Å². The number of hydrogen-bond acceptors (Lipinski definition) is 2. The first kappa shape index (κ1) is 11.8. The fraction of sp³-hybridized carbons (Fsp3) is 0.889. The molecule has 0 heterocycles. The van der Waals surface area contributed by atoms with Gasteiger partial charge in [-0.15, -0.1) is 11.8 Å². The van der Waals surface area contributed by atoms with Gasteiger partial charge in [0, 0.05) is 0 Å². The van der Waals surface area contributed by atoms with Crippen molar-refractivity contribution in [3.63, 3.8) is 0 Å². The van der Waals surface area contributed by atoms with E-state index in [1.54, 1.807) is 11.8 Å². The summed E-state index contributed by atoms with van der Waals surface area (Å²) in [4.78, 5) is 10.7. The lowest BCUT2D eigenvalue weighted by Gasteiger charge is -2.13.